The summed E-state index contributed by atoms with van der Waals surface area (Å²) >= 11 is 0. The molecule has 0 unspecified atom stereocenters. The molecule has 3 aromatic carbocycles. The first-order chi connectivity index (χ1) is 19.2. The van der Waals surface area contributed by atoms with E-state index in [9.17, 15) is 4.79 Å². The van der Waals surface area contributed by atoms with Crippen LogP contribution in [0.25, 0.3) is 22.4 Å². The monoisotopic (exact) mass is 523 g/mol. The van der Waals surface area contributed by atoms with E-state index in [0.29, 0.717) is 39.4 Å². The van der Waals surface area contributed by atoms with Gasteiger partial charge in [-0.15, -0.1) is 0 Å². The van der Waals surface area contributed by atoms with Gasteiger partial charge in [0.1, 0.15) is 0 Å². The second-order valence-electron chi connectivity index (χ2n) is 9.31. The maximum atomic E-state index is 11.9. The lowest BCUT2D eigenvalue weighted by molar-refractivity contribution is -0.122. The molecule has 2 N–H and O–H groups in total. The Morgan fingerprint density at radius 3 is 2.18 bits per heavy atom. The van der Waals surface area contributed by atoms with Gasteiger partial charge in [0.15, 0.2) is 0 Å². The Morgan fingerprint density at radius 1 is 0.718 bits per heavy atom. The highest BCUT2D eigenvalue weighted by Gasteiger charge is 2.09. The van der Waals surface area contributed by atoms with Gasteiger partial charge in [0.2, 0.25) is 5.91 Å². The van der Waals surface area contributed by atoms with Crippen molar-refractivity contribution in [1.82, 2.24) is 15.6 Å². The van der Waals surface area contributed by atoms with Crippen LogP contribution in [0.15, 0.2) is 97.2 Å². The van der Waals surface area contributed by atoms with Gasteiger partial charge in [-0.2, -0.15) is 0 Å². The average molecular weight is 524 g/mol. The Balaban J connectivity index is 1.07. The van der Waals surface area contributed by atoms with Crippen molar-refractivity contribution in [1.29, 1.82) is 0 Å². The normalized spacial score (nSPS) is 10.9. The average Bonchev–Trinajstić information content (AvgIpc) is 2.98. The van der Waals surface area contributed by atoms with Crippen LogP contribution in [0.1, 0.15) is 23.1 Å². The summed E-state index contributed by atoms with van der Waals surface area (Å²) in [6, 6.07) is 30.9. The van der Waals surface area contributed by atoms with Crippen LogP contribution in [0, 0.1) is 6.92 Å². The summed E-state index contributed by atoms with van der Waals surface area (Å²) in [6.45, 7) is 6.13. The molecule has 1 aromatic heterocycles. The van der Waals surface area contributed by atoms with E-state index in [1.807, 2.05) is 42.6 Å². The maximum absolute atomic E-state index is 11.9. The van der Waals surface area contributed by atoms with Crippen molar-refractivity contribution >= 4 is 5.91 Å². The van der Waals surface area contributed by atoms with E-state index in [1.165, 1.54) is 16.7 Å². The van der Waals surface area contributed by atoms with Gasteiger partial charge in [0.05, 0.1) is 32.1 Å². The lowest BCUT2D eigenvalue weighted by Crippen LogP contribution is -2.24. The number of nitrogens with one attached hydrogen (secondary N) is 2. The largest absolute Gasteiger partial charge is 0.379 e. The fourth-order valence-corrected chi connectivity index (χ4v) is 4.28. The summed E-state index contributed by atoms with van der Waals surface area (Å²) < 4.78 is 11.1. The molecule has 1 heterocycles. The fraction of sp³-hybridized carbons (Fsp3) is 0.273. The zero-order valence-electron chi connectivity index (χ0n) is 22.6. The van der Waals surface area contributed by atoms with Gasteiger partial charge in [0, 0.05) is 37.8 Å². The standard InChI is InChI=1S/C33H37N3O3/c1-26-30(29-11-6-3-7-12-29)13-8-14-31(26)32-16-15-28(25-35-32)23-34-18-20-39-22-21-38-19-17-33(37)36-24-27-9-4-2-5-10-27/h2-16,25,34H,17-24H2,1H3,(H,36,37). The number of benzene rings is 3. The Kier molecular flexibility index (Phi) is 11.2. The molecule has 0 bridgehead atoms. The summed E-state index contributed by atoms with van der Waals surface area (Å²) in [6.07, 6.45) is 2.28. The molecule has 0 fully saturated rings. The highest BCUT2D eigenvalue weighted by molar-refractivity contribution is 5.77. The molecule has 1 amide bonds. The van der Waals surface area contributed by atoms with Gasteiger partial charge in [-0.3, -0.25) is 9.78 Å². The van der Waals surface area contributed by atoms with Crippen LogP contribution in [-0.4, -0.2) is 43.9 Å². The molecule has 0 atom stereocenters. The summed E-state index contributed by atoms with van der Waals surface area (Å²) in [5.41, 5.74) is 8.02. The highest BCUT2D eigenvalue weighted by Crippen LogP contribution is 2.30. The summed E-state index contributed by atoms with van der Waals surface area (Å²) in [7, 11) is 0. The Bertz CT molecular complexity index is 1280. The quantitative estimate of drug-likeness (QED) is 0.200. The van der Waals surface area contributed by atoms with Crippen molar-refractivity contribution in [3.8, 4) is 22.4 Å². The van der Waals surface area contributed by atoms with E-state index in [4.69, 9.17) is 14.5 Å². The number of pyridine rings is 1. The third-order valence-corrected chi connectivity index (χ3v) is 6.45. The van der Waals surface area contributed by atoms with Crippen LogP contribution in [0.5, 0.6) is 0 Å². The van der Waals surface area contributed by atoms with Crippen molar-refractivity contribution in [2.45, 2.75) is 26.4 Å². The molecule has 4 aromatic rings. The van der Waals surface area contributed by atoms with Crippen molar-refractivity contribution in [3.63, 3.8) is 0 Å². The summed E-state index contributed by atoms with van der Waals surface area (Å²) in [5, 5.41) is 6.29. The topological polar surface area (TPSA) is 72.5 Å². The first-order valence-corrected chi connectivity index (χ1v) is 13.5. The van der Waals surface area contributed by atoms with Gasteiger partial charge < -0.3 is 20.1 Å². The molecule has 0 aliphatic heterocycles. The predicted molar refractivity (Wildman–Crippen MR) is 156 cm³/mol. The van der Waals surface area contributed by atoms with Crippen molar-refractivity contribution < 1.29 is 14.3 Å². The molecule has 0 radical (unpaired) electrons. The lowest BCUT2D eigenvalue weighted by atomic mass is 9.95. The number of nitrogens with zero attached hydrogens (tertiary/aromatic N) is 1. The zero-order valence-corrected chi connectivity index (χ0v) is 22.6. The number of carbonyl (C=O) groups excluding carboxylic acids is 1. The number of carbonyl (C=O) groups is 1. The van der Waals surface area contributed by atoms with Crippen molar-refractivity contribution in [2.75, 3.05) is 33.0 Å². The minimum absolute atomic E-state index is 0.0117. The molecule has 202 valence electrons. The second kappa shape index (κ2) is 15.5. The van der Waals surface area contributed by atoms with Gasteiger partial charge in [-0.1, -0.05) is 84.9 Å². The Hall–Kier alpha value is -3.84. The van der Waals surface area contributed by atoms with Crippen molar-refractivity contribution in [2.24, 2.45) is 0 Å². The number of hydrogen-bond donors (Lipinski definition) is 2. The molecule has 6 nitrogen and oxygen atoms in total. The number of ether oxygens (including phenoxy) is 2. The first-order valence-electron chi connectivity index (χ1n) is 13.5. The smallest absolute Gasteiger partial charge is 0.222 e. The van der Waals surface area contributed by atoms with E-state index >= 15 is 0 Å². The molecule has 39 heavy (non-hydrogen) atoms. The van der Waals surface area contributed by atoms with Crippen LogP contribution in [0.3, 0.4) is 0 Å². The van der Waals surface area contributed by atoms with Gasteiger partial charge in [-0.25, -0.2) is 0 Å². The van der Waals surface area contributed by atoms with Gasteiger partial charge in [-0.05, 0) is 40.8 Å². The molecule has 0 aliphatic rings. The summed E-state index contributed by atoms with van der Waals surface area (Å²) in [4.78, 5) is 16.6. The highest BCUT2D eigenvalue weighted by atomic mass is 16.5. The minimum Gasteiger partial charge on any atom is -0.379 e. The zero-order chi connectivity index (χ0) is 27.1. The molecule has 4 rings (SSSR count). The third-order valence-electron chi connectivity index (χ3n) is 6.45. The van der Waals surface area contributed by atoms with E-state index in [0.717, 1.165) is 35.5 Å². The first kappa shape index (κ1) is 28.2. The van der Waals surface area contributed by atoms with E-state index in [1.54, 1.807) is 0 Å². The SMILES string of the molecule is Cc1c(-c2ccccc2)cccc1-c1ccc(CNCCOCCOCCC(=O)NCc2ccccc2)cn1. The van der Waals surface area contributed by atoms with E-state index in [-0.39, 0.29) is 5.91 Å². The van der Waals surface area contributed by atoms with Crippen LogP contribution in [0.4, 0.5) is 0 Å². The third kappa shape index (κ3) is 9.14. The second-order valence-corrected chi connectivity index (χ2v) is 9.31. The fourth-order valence-electron chi connectivity index (χ4n) is 4.28. The Labute approximate surface area is 231 Å². The minimum atomic E-state index is -0.0117. The summed E-state index contributed by atoms with van der Waals surface area (Å²) in [5.74, 6) is -0.0117. The van der Waals surface area contributed by atoms with Gasteiger partial charge >= 0.3 is 0 Å². The number of amides is 1. The van der Waals surface area contributed by atoms with Crippen LogP contribution < -0.4 is 10.6 Å². The lowest BCUT2D eigenvalue weighted by Gasteiger charge is -2.12. The predicted octanol–water partition coefficient (Wildman–Crippen LogP) is 5.55. The Morgan fingerprint density at radius 2 is 1.44 bits per heavy atom. The van der Waals surface area contributed by atoms with E-state index < -0.39 is 0 Å². The van der Waals surface area contributed by atoms with Crippen LogP contribution in [0.2, 0.25) is 0 Å². The van der Waals surface area contributed by atoms with E-state index in [2.05, 4.69) is 72.2 Å². The molecule has 6 heteroatoms. The van der Waals surface area contributed by atoms with Crippen LogP contribution in [-0.2, 0) is 27.4 Å². The molecule has 0 aliphatic carbocycles. The number of hydrogen-bond acceptors (Lipinski definition) is 5. The maximum Gasteiger partial charge on any atom is 0.222 e. The van der Waals surface area contributed by atoms with Crippen LogP contribution >= 0.6 is 0 Å². The molecular weight excluding hydrogens is 486 g/mol. The number of rotatable bonds is 15. The molecule has 0 saturated heterocycles. The van der Waals surface area contributed by atoms with Gasteiger partial charge in [0.25, 0.3) is 0 Å². The molecular formula is C33H37N3O3. The van der Waals surface area contributed by atoms with Crippen molar-refractivity contribution in [3.05, 3.63) is 114 Å². The molecule has 0 spiro atoms. The number of aromatic nitrogens is 1. The molecule has 0 saturated carbocycles.